The molecular formula is C30H36FN3O6S. The van der Waals surface area contributed by atoms with Gasteiger partial charge in [0.15, 0.2) is 0 Å². The number of carbonyl (C=O) groups excluding carboxylic acids is 1. The Morgan fingerprint density at radius 3 is 2.46 bits per heavy atom. The van der Waals surface area contributed by atoms with Crippen molar-refractivity contribution in [2.24, 2.45) is 5.92 Å². The molecule has 0 saturated heterocycles. The van der Waals surface area contributed by atoms with Gasteiger partial charge in [0.1, 0.15) is 23.4 Å². The van der Waals surface area contributed by atoms with Crippen LogP contribution in [-0.4, -0.2) is 75.2 Å². The van der Waals surface area contributed by atoms with Crippen LogP contribution in [0, 0.1) is 11.7 Å². The van der Waals surface area contributed by atoms with Crippen molar-refractivity contribution >= 4 is 21.6 Å². The first-order valence-corrected chi connectivity index (χ1v) is 14.8. The number of amides is 1. The molecule has 1 aliphatic heterocycles. The molecule has 3 atom stereocenters. The second-order valence-corrected chi connectivity index (χ2v) is 12.1. The van der Waals surface area contributed by atoms with E-state index in [-0.39, 0.29) is 40.7 Å². The number of benzene rings is 3. The van der Waals surface area contributed by atoms with E-state index < -0.39 is 21.9 Å². The Morgan fingerprint density at radius 2 is 1.83 bits per heavy atom. The summed E-state index contributed by atoms with van der Waals surface area (Å²) < 4.78 is 53.2. The number of carbonyl (C=O) groups is 1. The summed E-state index contributed by atoms with van der Waals surface area (Å²) >= 11 is 0. The Balaban J connectivity index is 1.61. The van der Waals surface area contributed by atoms with Gasteiger partial charge in [0.25, 0.3) is 15.9 Å². The summed E-state index contributed by atoms with van der Waals surface area (Å²) in [5, 5.41) is 9.91. The first-order valence-electron chi connectivity index (χ1n) is 13.3. The zero-order valence-electron chi connectivity index (χ0n) is 23.6. The molecule has 0 spiro atoms. The average molecular weight is 586 g/mol. The van der Waals surface area contributed by atoms with E-state index in [0.717, 1.165) is 23.4 Å². The van der Waals surface area contributed by atoms with E-state index in [4.69, 9.17) is 9.47 Å². The van der Waals surface area contributed by atoms with Gasteiger partial charge in [0, 0.05) is 31.2 Å². The molecule has 0 bridgehead atoms. The van der Waals surface area contributed by atoms with Gasteiger partial charge in [-0.3, -0.25) is 14.4 Å². The van der Waals surface area contributed by atoms with Crippen LogP contribution in [0.15, 0.2) is 71.6 Å². The van der Waals surface area contributed by atoms with Gasteiger partial charge in [-0.2, -0.15) is 0 Å². The van der Waals surface area contributed by atoms with E-state index in [2.05, 4.69) is 9.62 Å². The maximum atomic E-state index is 13.7. The van der Waals surface area contributed by atoms with E-state index >= 15 is 0 Å². The molecule has 220 valence electrons. The predicted octanol–water partition coefficient (Wildman–Crippen LogP) is 3.99. The number of nitrogens with zero attached hydrogens (tertiary/aromatic N) is 2. The molecule has 0 unspecified atom stereocenters. The van der Waals surface area contributed by atoms with E-state index in [1.54, 1.807) is 25.0 Å². The van der Waals surface area contributed by atoms with Gasteiger partial charge in [-0.1, -0.05) is 19.1 Å². The van der Waals surface area contributed by atoms with Gasteiger partial charge in [-0.25, -0.2) is 12.8 Å². The predicted molar refractivity (Wildman–Crippen MR) is 154 cm³/mol. The van der Waals surface area contributed by atoms with Crippen LogP contribution >= 0.6 is 0 Å². The third-order valence-corrected chi connectivity index (χ3v) is 8.54. The maximum absolute atomic E-state index is 13.7. The van der Waals surface area contributed by atoms with Crippen LogP contribution in [-0.2, 0) is 16.6 Å². The molecule has 2 N–H and O–H groups in total. The number of halogens is 1. The molecule has 0 fully saturated rings. The van der Waals surface area contributed by atoms with Crippen molar-refractivity contribution in [1.29, 1.82) is 0 Å². The largest absolute Gasteiger partial charge is 0.497 e. The van der Waals surface area contributed by atoms with Crippen LogP contribution in [0.1, 0.15) is 29.8 Å². The summed E-state index contributed by atoms with van der Waals surface area (Å²) in [5.41, 5.74) is 1.44. The smallest absolute Gasteiger partial charge is 0.261 e. The summed E-state index contributed by atoms with van der Waals surface area (Å²) in [6.07, 6.45) is -0.305. The molecule has 1 heterocycles. The van der Waals surface area contributed by atoms with Gasteiger partial charge in [0.05, 0.1) is 30.2 Å². The summed E-state index contributed by atoms with van der Waals surface area (Å²) in [7, 11) is -0.412. The zero-order valence-corrected chi connectivity index (χ0v) is 24.4. The number of hydrogen-bond acceptors (Lipinski definition) is 7. The topological polar surface area (TPSA) is 108 Å². The highest BCUT2D eigenvalue weighted by molar-refractivity contribution is 7.92. The number of sulfonamides is 1. The van der Waals surface area contributed by atoms with Crippen LogP contribution < -0.4 is 14.2 Å². The van der Waals surface area contributed by atoms with Crippen LogP contribution in [0.4, 0.5) is 10.1 Å². The lowest BCUT2D eigenvalue weighted by Crippen LogP contribution is -2.49. The van der Waals surface area contributed by atoms with Crippen molar-refractivity contribution in [1.82, 2.24) is 9.80 Å². The summed E-state index contributed by atoms with van der Waals surface area (Å²) in [6.45, 7) is 5.11. The third kappa shape index (κ3) is 7.35. The first-order chi connectivity index (χ1) is 19.5. The van der Waals surface area contributed by atoms with Crippen molar-refractivity contribution < 1.29 is 32.2 Å². The normalized spacial score (nSPS) is 18.2. The third-order valence-electron chi connectivity index (χ3n) is 7.14. The van der Waals surface area contributed by atoms with Gasteiger partial charge in [-0.05, 0) is 74.1 Å². The van der Waals surface area contributed by atoms with Crippen molar-refractivity contribution in [2.75, 3.05) is 38.6 Å². The lowest BCUT2D eigenvalue weighted by atomic mass is 9.99. The minimum atomic E-state index is -4.03. The van der Waals surface area contributed by atoms with Crippen molar-refractivity contribution in [3.63, 3.8) is 0 Å². The molecule has 9 nitrogen and oxygen atoms in total. The Labute approximate surface area is 240 Å². The highest BCUT2D eigenvalue weighted by atomic mass is 32.2. The minimum absolute atomic E-state index is 0.0731. The molecule has 3 aromatic carbocycles. The molecule has 0 aliphatic carbocycles. The second kappa shape index (κ2) is 12.9. The number of fused-ring (bicyclic) bond motifs is 1. The Morgan fingerprint density at radius 1 is 1.15 bits per heavy atom. The fourth-order valence-corrected chi connectivity index (χ4v) is 5.80. The molecule has 0 radical (unpaired) electrons. The van der Waals surface area contributed by atoms with Gasteiger partial charge < -0.3 is 19.5 Å². The van der Waals surface area contributed by atoms with E-state index in [9.17, 15) is 22.7 Å². The van der Waals surface area contributed by atoms with Crippen LogP contribution in [0.2, 0.25) is 0 Å². The highest BCUT2D eigenvalue weighted by Gasteiger charge is 2.33. The quantitative estimate of drug-likeness (QED) is 0.371. The molecule has 4 rings (SSSR count). The summed E-state index contributed by atoms with van der Waals surface area (Å²) in [4.78, 5) is 17.3. The Hall–Kier alpha value is -3.67. The zero-order chi connectivity index (χ0) is 29.7. The fourth-order valence-electron chi connectivity index (χ4n) is 4.75. The number of likely N-dealkylation sites (N-methyl/N-ethyl adjacent to an activating group) is 1. The molecule has 3 aromatic rings. The van der Waals surface area contributed by atoms with E-state index in [1.807, 2.05) is 38.2 Å². The lowest BCUT2D eigenvalue weighted by molar-refractivity contribution is 0.0341. The average Bonchev–Trinajstić information content (AvgIpc) is 2.95. The minimum Gasteiger partial charge on any atom is -0.497 e. The summed E-state index contributed by atoms with van der Waals surface area (Å²) in [6, 6.07) is 16.4. The molecule has 0 saturated carbocycles. The number of methoxy groups -OCH3 is 1. The lowest BCUT2D eigenvalue weighted by Gasteiger charge is -2.38. The van der Waals surface area contributed by atoms with Gasteiger partial charge in [0.2, 0.25) is 0 Å². The first kappa shape index (κ1) is 30.3. The number of aliphatic hydroxyl groups is 1. The van der Waals surface area contributed by atoms with Crippen molar-refractivity contribution in [3.05, 3.63) is 83.7 Å². The molecule has 1 amide bonds. The van der Waals surface area contributed by atoms with Crippen molar-refractivity contribution in [3.8, 4) is 11.5 Å². The number of hydrogen-bond donors (Lipinski definition) is 2. The summed E-state index contributed by atoms with van der Waals surface area (Å²) in [5.74, 6) is 0.109. The number of aliphatic hydroxyl groups excluding tert-OH is 1. The number of nitrogens with one attached hydrogen (secondary N) is 1. The second-order valence-electron chi connectivity index (χ2n) is 10.4. The number of ether oxygens (including phenoxy) is 2. The Bertz CT molecular complexity index is 1450. The van der Waals surface area contributed by atoms with Crippen LogP contribution in [0.3, 0.4) is 0 Å². The van der Waals surface area contributed by atoms with Gasteiger partial charge >= 0.3 is 0 Å². The van der Waals surface area contributed by atoms with Gasteiger partial charge in [-0.15, -0.1) is 0 Å². The van der Waals surface area contributed by atoms with Crippen LogP contribution in [0.25, 0.3) is 0 Å². The molecule has 1 aliphatic rings. The molecular weight excluding hydrogens is 549 g/mol. The SMILES string of the molecule is COc1ccc(CN(C)C[C@@H]2Oc3ccc(NS(=O)(=O)c4ccc(F)cc4)cc3C(=O)N([C@H](C)CO)C[C@@H]2C)cc1. The standard InChI is InChI=1S/C30H36FN3O6S/c1-20-16-34(21(2)19-35)30(36)27-15-24(32-41(37,38)26-12-7-23(31)8-13-26)9-14-28(27)40-29(20)18-33(3)17-22-5-10-25(39-4)11-6-22/h5-15,20-21,29,32,35H,16-19H2,1-4H3/t20-,21+,29-/m0/s1. The fraction of sp³-hybridized carbons (Fsp3) is 0.367. The van der Waals surface area contributed by atoms with E-state index in [0.29, 0.717) is 25.4 Å². The number of anilines is 1. The molecule has 11 heteroatoms. The maximum Gasteiger partial charge on any atom is 0.261 e. The van der Waals surface area contributed by atoms with Crippen molar-refractivity contribution in [2.45, 2.75) is 37.4 Å². The van der Waals surface area contributed by atoms with Crippen LogP contribution in [0.5, 0.6) is 11.5 Å². The number of rotatable bonds is 10. The highest BCUT2D eigenvalue weighted by Crippen LogP contribution is 2.31. The van der Waals surface area contributed by atoms with E-state index in [1.165, 1.54) is 24.3 Å². The monoisotopic (exact) mass is 585 g/mol. The Kier molecular flexibility index (Phi) is 9.52. The molecule has 41 heavy (non-hydrogen) atoms. The molecule has 0 aromatic heterocycles.